The molecule has 1 atom stereocenters. The van der Waals surface area contributed by atoms with Crippen molar-refractivity contribution in [3.8, 4) is 0 Å². The second-order valence-electron chi connectivity index (χ2n) is 8.00. The molecule has 0 saturated carbocycles. The Bertz CT molecular complexity index is 848. The fraction of sp³-hybridized carbons (Fsp3) is 0.571. The molecular weight excluding hydrogens is 379 g/mol. The predicted molar refractivity (Wildman–Crippen MR) is 105 cm³/mol. The second kappa shape index (κ2) is 8.26. The Labute approximate surface area is 168 Å². The van der Waals surface area contributed by atoms with Crippen molar-refractivity contribution in [2.45, 2.75) is 57.2 Å². The minimum absolute atomic E-state index is 0.264. The highest BCUT2D eigenvalue weighted by molar-refractivity contribution is 5.37. The predicted octanol–water partition coefficient (Wildman–Crippen LogP) is 3.94. The Hall–Kier alpha value is -2.22. The monoisotopic (exact) mass is 405 g/mol. The summed E-state index contributed by atoms with van der Waals surface area (Å²) in [5.41, 5.74) is 1.42. The molecule has 0 bridgehead atoms. The number of nitrogens with zero attached hydrogens (tertiary/aromatic N) is 4. The summed E-state index contributed by atoms with van der Waals surface area (Å²) < 4.78 is 39.2. The van der Waals surface area contributed by atoms with Crippen LogP contribution in [-0.2, 0) is 12.6 Å². The van der Waals surface area contributed by atoms with E-state index in [1.165, 1.54) is 6.20 Å². The van der Waals surface area contributed by atoms with Gasteiger partial charge in [-0.1, -0.05) is 0 Å². The molecule has 0 aliphatic carbocycles. The summed E-state index contributed by atoms with van der Waals surface area (Å²) in [5, 5.41) is 3.37. The number of anilines is 1. The topological polar surface area (TPSA) is 53.9 Å². The van der Waals surface area contributed by atoms with Crippen LogP contribution in [0.5, 0.6) is 0 Å². The lowest BCUT2D eigenvalue weighted by molar-refractivity contribution is -0.137. The van der Waals surface area contributed by atoms with E-state index in [1.54, 1.807) is 0 Å². The number of hydrogen-bond acceptors (Lipinski definition) is 5. The Kier molecular flexibility index (Phi) is 5.72. The molecule has 4 heterocycles. The highest BCUT2D eigenvalue weighted by atomic mass is 19.4. The van der Waals surface area contributed by atoms with Crippen LogP contribution >= 0.6 is 0 Å². The molecule has 2 aliphatic heterocycles. The lowest BCUT2D eigenvalue weighted by Gasteiger charge is -2.26. The van der Waals surface area contributed by atoms with Crippen LogP contribution in [0.2, 0.25) is 0 Å². The average Bonchev–Trinajstić information content (AvgIpc) is 3.14. The first-order valence-electron chi connectivity index (χ1n) is 10.3. The standard InChI is InChI=1S/C21H26F3N5/c1-14-3-2-10-29(14)20-27-18(13-19(28-20)15-4-7-25-8-5-15)12-17-11-16(6-9-26-17)21(22,23)24/h6,9,11,13-15,25H,2-5,7-8,10,12H2,1H3. The Balaban J connectivity index is 1.66. The van der Waals surface area contributed by atoms with Crippen molar-refractivity contribution in [1.82, 2.24) is 20.3 Å². The molecule has 5 nitrogen and oxygen atoms in total. The van der Waals surface area contributed by atoms with E-state index >= 15 is 0 Å². The van der Waals surface area contributed by atoms with Crippen molar-refractivity contribution in [2.75, 3.05) is 24.5 Å². The molecule has 1 N–H and O–H groups in total. The van der Waals surface area contributed by atoms with E-state index in [4.69, 9.17) is 9.97 Å². The third kappa shape index (κ3) is 4.69. The number of piperidine rings is 1. The SMILES string of the molecule is CC1CCCN1c1nc(Cc2cc(C(F)(F)F)ccn2)cc(C2CCNCC2)n1. The first kappa shape index (κ1) is 20.1. The van der Waals surface area contributed by atoms with Gasteiger partial charge in [0.1, 0.15) is 0 Å². The number of hydrogen-bond donors (Lipinski definition) is 1. The smallest absolute Gasteiger partial charge is 0.338 e. The number of alkyl halides is 3. The summed E-state index contributed by atoms with van der Waals surface area (Å²) in [5.74, 6) is 1.05. The molecule has 0 amide bonds. The zero-order chi connectivity index (χ0) is 20.4. The quantitative estimate of drug-likeness (QED) is 0.835. The number of nitrogens with one attached hydrogen (secondary N) is 1. The normalized spacial score (nSPS) is 21.0. The van der Waals surface area contributed by atoms with E-state index in [1.807, 2.05) is 6.07 Å². The first-order chi connectivity index (χ1) is 13.9. The van der Waals surface area contributed by atoms with Crippen molar-refractivity contribution in [2.24, 2.45) is 0 Å². The van der Waals surface area contributed by atoms with Crippen molar-refractivity contribution >= 4 is 5.95 Å². The van der Waals surface area contributed by atoms with Gasteiger partial charge in [0, 0.05) is 42.5 Å². The van der Waals surface area contributed by atoms with E-state index in [0.717, 1.165) is 68.8 Å². The summed E-state index contributed by atoms with van der Waals surface area (Å²) in [6, 6.07) is 4.45. The van der Waals surface area contributed by atoms with Gasteiger partial charge in [-0.2, -0.15) is 13.2 Å². The second-order valence-corrected chi connectivity index (χ2v) is 8.00. The van der Waals surface area contributed by atoms with Crippen LogP contribution in [0.3, 0.4) is 0 Å². The minimum Gasteiger partial charge on any atom is -0.338 e. The van der Waals surface area contributed by atoms with Gasteiger partial charge in [0.25, 0.3) is 0 Å². The summed E-state index contributed by atoms with van der Waals surface area (Å²) in [7, 11) is 0. The fourth-order valence-corrected chi connectivity index (χ4v) is 4.22. The molecule has 0 radical (unpaired) electrons. The van der Waals surface area contributed by atoms with Crippen LogP contribution in [-0.4, -0.2) is 40.6 Å². The number of rotatable bonds is 4. The van der Waals surface area contributed by atoms with Crippen LogP contribution in [0.1, 0.15) is 61.2 Å². The Morgan fingerprint density at radius 3 is 2.59 bits per heavy atom. The molecule has 4 rings (SSSR count). The molecular formula is C21H26F3N5. The Morgan fingerprint density at radius 2 is 1.90 bits per heavy atom. The lowest BCUT2D eigenvalue weighted by atomic mass is 9.93. The fourth-order valence-electron chi connectivity index (χ4n) is 4.22. The maximum absolute atomic E-state index is 13.1. The lowest BCUT2D eigenvalue weighted by Crippen LogP contribution is -2.30. The number of aromatic nitrogens is 3. The molecule has 2 saturated heterocycles. The average molecular weight is 405 g/mol. The third-order valence-electron chi connectivity index (χ3n) is 5.86. The molecule has 1 unspecified atom stereocenters. The molecule has 2 aromatic heterocycles. The number of pyridine rings is 1. The van der Waals surface area contributed by atoms with Crippen LogP contribution in [0.15, 0.2) is 24.4 Å². The molecule has 2 aromatic rings. The van der Waals surface area contributed by atoms with Gasteiger partial charge in [0.2, 0.25) is 5.95 Å². The van der Waals surface area contributed by atoms with Crippen molar-refractivity contribution in [1.29, 1.82) is 0 Å². The third-order valence-corrected chi connectivity index (χ3v) is 5.86. The highest BCUT2D eigenvalue weighted by Gasteiger charge is 2.31. The van der Waals surface area contributed by atoms with Crippen LogP contribution in [0, 0.1) is 0 Å². The summed E-state index contributed by atoms with van der Waals surface area (Å²) in [4.78, 5) is 16.0. The maximum Gasteiger partial charge on any atom is 0.416 e. The molecule has 2 aliphatic rings. The van der Waals surface area contributed by atoms with E-state index in [-0.39, 0.29) is 6.42 Å². The maximum atomic E-state index is 13.1. The number of halogens is 3. The van der Waals surface area contributed by atoms with Crippen LogP contribution < -0.4 is 10.2 Å². The minimum atomic E-state index is -4.38. The van der Waals surface area contributed by atoms with Gasteiger partial charge in [-0.3, -0.25) is 4.98 Å². The molecule has 0 spiro atoms. The van der Waals surface area contributed by atoms with Gasteiger partial charge in [0.05, 0.1) is 11.3 Å². The molecule has 8 heteroatoms. The summed E-state index contributed by atoms with van der Waals surface area (Å²) in [6.07, 6.45) is 1.33. The first-order valence-corrected chi connectivity index (χ1v) is 10.3. The van der Waals surface area contributed by atoms with E-state index < -0.39 is 11.7 Å². The van der Waals surface area contributed by atoms with Gasteiger partial charge in [-0.25, -0.2) is 9.97 Å². The van der Waals surface area contributed by atoms with Crippen LogP contribution in [0.4, 0.5) is 19.1 Å². The van der Waals surface area contributed by atoms with Gasteiger partial charge in [0.15, 0.2) is 0 Å². The zero-order valence-electron chi connectivity index (χ0n) is 16.5. The van der Waals surface area contributed by atoms with E-state index in [0.29, 0.717) is 23.6 Å². The Morgan fingerprint density at radius 1 is 1.10 bits per heavy atom. The van der Waals surface area contributed by atoms with Crippen molar-refractivity contribution < 1.29 is 13.2 Å². The largest absolute Gasteiger partial charge is 0.416 e. The van der Waals surface area contributed by atoms with Gasteiger partial charge >= 0.3 is 6.18 Å². The van der Waals surface area contributed by atoms with Crippen LogP contribution in [0.25, 0.3) is 0 Å². The molecule has 156 valence electrons. The molecule has 2 fully saturated rings. The molecule has 29 heavy (non-hydrogen) atoms. The van der Waals surface area contributed by atoms with Gasteiger partial charge < -0.3 is 10.2 Å². The molecule has 0 aromatic carbocycles. The highest BCUT2D eigenvalue weighted by Crippen LogP contribution is 2.31. The van der Waals surface area contributed by atoms with Crippen molar-refractivity contribution in [3.63, 3.8) is 0 Å². The van der Waals surface area contributed by atoms with E-state index in [9.17, 15) is 13.2 Å². The van der Waals surface area contributed by atoms with Gasteiger partial charge in [-0.15, -0.1) is 0 Å². The van der Waals surface area contributed by atoms with Gasteiger partial charge in [-0.05, 0) is 63.9 Å². The summed E-state index contributed by atoms with van der Waals surface area (Å²) >= 11 is 0. The van der Waals surface area contributed by atoms with E-state index in [2.05, 4.69) is 22.1 Å². The summed E-state index contributed by atoms with van der Waals surface area (Å²) in [6.45, 7) is 4.99. The van der Waals surface area contributed by atoms with Crippen molar-refractivity contribution in [3.05, 3.63) is 47.0 Å². The zero-order valence-corrected chi connectivity index (χ0v) is 16.5.